The summed E-state index contributed by atoms with van der Waals surface area (Å²) in [6.45, 7) is 10.0. The first kappa shape index (κ1) is 29.4. The van der Waals surface area contributed by atoms with E-state index in [1.165, 1.54) is 0 Å². The molecule has 0 spiro atoms. The summed E-state index contributed by atoms with van der Waals surface area (Å²) >= 11 is 0. The summed E-state index contributed by atoms with van der Waals surface area (Å²) in [4.78, 5) is 21.2. The van der Waals surface area contributed by atoms with Crippen LogP contribution < -0.4 is 10.1 Å². The molecule has 0 saturated carbocycles. The van der Waals surface area contributed by atoms with Gasteiger partial charge in [0.05, 0.1) is 29.4 Å². The van der Waals surface area contributed by atoms with Gasteiger partial charge in [-0.2, -0.15) is 15.7 Å². The number of hydrogen-bond donors (Lipinski definition) is 2. The monoisotopic (exact) mass is 573 g/mol. The van der Waals surface area contributed by atoms with E-state index in [9.17, 15) is 9.00 Å². The highest BCUT2D eigenvalue weighted by Crippen LogP contribution is 2.32. The van der Waals surface area contributed by atoms with Crippen molar-refractivity contribution >= 4 is 33.1 Å². The molecule has 1 amide bonds. The zero-order valence-corrected chi connectivity index (χ0v) is 24.5. The van der Waals surface area contributed by atoms with Gasteiger partial charge in [0.2, 0.25) is 5.91 Å². The van der Waals surface area contributed by atoms with Crippen molar-refractivity contribution in [2.45, 2.75) is 51.5 Å². The number of aryl methyl sites for hydroxylation is 2. The molecular formula is C31H37N6O3S-. The highest BCUT2D eigenvalue weighted by Gasteiger charge is 2.15. The van der Waals surface area contributed by atoms with E-state index in [4.69, 9.17) is 9.52 Å². The fourth-order valence-corrected chi connectivity index (χ4v) is 4.37. The molecule has 0 aliphatic rings. The van der Waals surface area contributed by atoms with Crippen molar-refractivity contribution in [3.05, 3.63) is 102 Å². The number of carbonyl (C=O) groups excluding carboxylic acids is 1. The Labute approximate surface area is 244 Å². The molecule has 0 aliphatic heterocycles. The number of nitrogens with one attached hydrogen (secondary N) is 2. The molecule has 3 aromatic heterocycles. The van der Waals surface area contributed by atoms with Gasteiger partial charge in [-0.1, -0.05) is 35.2 Å². The zero-order valence-electron chi connectivity index (χ0n) is 23.7. The second-order valence-electron chi connectivity index (χ2n) is 10.5. The largest absolute Gasteiger partial charge is 0.456 e. The van der Waals surface area contributed by atoms with Gasteiger partial charge in [0.15, 0.2) is 0 Å². The number of pyridine rings is 2. The fourth-order valence-electron chi connectivity index (χ4n) is 3.95. The standard InChI is InChI=1S/C25H26N5O3S.C6H7N.2H2/c1-16-11-17(12-24(31)29-18-14-28-30(15-18)25(2,3)4)5-8-22(16)33-23-9-10-27-21-7-6-19(34(26)32)13-20(21)23;1-6-4-2-3-5-7-6;;/h5-11,13-15,26H,12H2,1-4H3,(H,29,31);2-5H,1H3;2*1H/q-1;;;. The van der Waals surface area contributed by atoms with Gasteiger partial charge >= 0.3 is 0 Å². The van der Waals surface area contributed by atoms with Crippen molar-refractivity contribution in [2.24, 2.45) is 0 Å². The Morgan fingerprint density at radius 2 is 1.83 bits per heavy atom. The molecule has 0 aliphatic carbocycles. The Kier molecular flexibility index (Phi) is 9.14. The summed E-state index contributed by atoms with van der Waals surface area (Å²) in [6.07, 6.45) is 7.12. The molecule has 0 atom stereocenters. The Bertz CT molecular complexity index is 1740. The number of aromatic nitrogens is 4. The summed E-state index contributed by atoms with van der Waals surface area (Å²) < 4.78 is 27.0. The van der Waals surface area contributed by atoms with Crippen LogP contribution >= 0.6 is 0 Å². The van der Waals surface area contributed by atoms with E-state index in [0.29, 0.717) is 33.0 Å². The maximum atomic E-state index is 12.5. The molecule has 9 nitrogen and oxygen atoms in total. The van der Waals surface area contributed by atoms with Crippen LogP contribution in [-0.4, -0.2) is 25.7 Å². The van der Waals surface area contributed by atoms with E-state index in [0.717, 1.165) is 16.8 Å². The quantitative estimate of drug-likeness (QED) is 0.204. The van der Waals surface area contributed by atoms with Gasteiger partial charge in [-0.3, -0.25) is 19.4 Å². The summed E-state index contributed by atoms with van der Waals surface area (Å²) in [6, 6.07) is 18.2. The van der Waals surface area contributed by atoms with Gasteiger partial charge in [0.25, 0.3) is 0 Å². The molecule has 41 heavy (non-hydrogen) atoms. The predicted molar refractivity (Wildman–Crippen MR) is 165 cm³/mol. The lowest BCUT2D eigenvalue weighted by atomic mass is 10.1. The van der Waals surface area contributed by atoms with E-state index >= 15 is 0 Å². The number of fused-ring (bicyclic) bond motifs is 1. The summed E-state index contributed by atoms with van der Waals surface area (Å²) in [5, 5.41) is 7.87. The summed E-state index contributed by atoms with van der Waals surface area (Å²) in [5.74, 6) is 1.07. The SMILES string of the molecule is Cc1cc(CC(=O)Nc2cnn(C(C)(C)C)c2)ccc1Oc1ccnc2ccc([S-](=N)=O)cc12.Cc1ccccn1.[HH].[HH]. The molecule has 0 unspecified atom stereocenters. The van der Waals surface area contributed by atoms with Crippen molar-refractivity contribution in [1.82, 2.24) is 19.7 Å². The van der Waals surface area contributed by atoms with Crippen LogP contribution in [0, 0.1) is 18.6 Å². The first-order chi connectivity index (χ1) is 19.5. The van der Waals surface area contributed by atoms with Crippen LogP contribution in [-0.2, 0) is 31.6 Å². The van der Waals surface area contributed by atoms with Gasteiger partial charge in [0.1, 0.15) is 11.5 Å². The lowest BCUT2D eigenvalue weighted by Gasteiger charge is -2.18. The topological polar surface area (TPSA) is 123 Å². The van der Waals surface area contributed by atoms with Crippen LogP contribution in [0.2, 0.25) is 0 Å². The molecule has 0 fully saturated rings. The second-order valence-corrected chi connectivity index (χ2v) is 11.5. The number of anilines is 1. The highest BCUT2D eigenvalue weighted by atomic mass is 32.2. The molecule has 10 heteroatoms. The van der Waals surface area contributed by atoms with E-state index in [1.54, 1.807) is 42.9 Å². The molecule has 216 valence electrons. The normalized spacial score (nSPS) is 11.2. The molecule has 0 radical (unpaired) electrons. The minimum absolute atomic E-state index is 0. The minimum Gasteiger partial charge on any atom is -0.456 e. The maximum Gasteiger partial charge on any atom is 0.228 e. The van der Waals surface area contributed by atoms with Crippen LogP contribution in [0.4, 0.5) is 5.69 Å². The van der Waals surface area contributed by atoms with Crippen molar-refractivity contribution in [1.29, 1.82) is 4.78 Å². The number of amides is 1. The van der Waals surface area contributed by atoms with Gasteiger partial charge in [0, 0.05) is 32.5 Å². The zero-order chi connectivity index (χ0) is 29.6. The number of rotatable bonds is 6. The third-order valence-electron chi connectivity index (χ3n) is 6.08. The number of hydrogen-bond acceptors (Lipinski definition) is 8. The smallest absolute Gasteiger partial charge is 0.228 e. The van der Waals surface area contributed by atoms with Gasteiger partial charge in [-0.05, 0) is 76.1 Å². The summed E-state index contributed by atoms with van der Waals surface area (Å²) in [5.41, 5.74) is 3.99. The van der Waals surface area contributed by atoms with E-state index in [2.05, 4.69) is 20.4 Å². The number of nitrogens with zero attached hydrogens (tertiary/aromatic N) is 4. The van der Waals surface area contributed by atoms with E-state index in [1.807, 2.05) is 81.9 Å². The van der Waals surface area contributed by atoms with Crippen molar-refractivity contribution in [2.75, 3.05) is 5.32 Å². The number of ether oxygens (including phenoxy) is 1. The molecule has 0 saturated heterocycles. The van der Waals surface area contributed by atoms with Gasteiger partial charge < -0.3 is 19.0 Å². The molecule has 2 N–H and O–H groups in total. The van der Waals surface area contributed by atoms with E-state index < -0.39 is 10.6 Å². The van der Waals surface area contributed by atoms with Crippen LogP contribution in [0.5, 0.6) is 11.5 Å². The molecule has 5 rings (SSSR count). The third-order valence-corrected chi connectivity index (χ3v) is 6.76. The average molecular weight is 574 g/mol. The van der Waals surface area contributed by atoms with Crippen LogP contribution in [0.25, 0.3) is 10.9 Å². The molecule has 5 aromatic rings. The third kappa shape index (κ3) is 7.98. The van der Waals surface area contributed by atoms with E-state index in [-0.39, 0.29) is 20.7 Å². The Morgan fingerprint density at radius 3 is 2.44 bits per heavy atom. The summed E-state index contributed by atoms with van der Waals surface area (Å²) in [7, 11) is -1.85. The van der Waals surface area contributed by atoms with Crippen LogP contribution in [0.15, 0.2) is 90.3 Å². The first-order valence-electron chi connectivity index (χ1n) is 13.0. The van der Waals surface area contributed by atoms with Gasteiger partial charge in [-0.15, -0.1) is 0 Å². The fraction of sp³-hybridized carbons (Fsp3) is 0.226. The molecule has 3 heterocycles. The Morgan fingerprint density at radius 1 is 1.02 bits per heavy atom. The molecule has 2 aromatic carbocycles. The molecule has 0 bridgehead atoms. The number of benzene rings is 2. The maximum absolute atomic E-state index is 12.5. The highest BCUT2D eigenvalue weighted by molar-refractivity contribution is 7.73. The van der Waals surface area contributed by atoms with Crippen molar-refractivity contribution < 1.29 is 16.6 Å². The average Bonchev–Trinajstić information content (AvgIpc) is 3.40. The molecular weight excluding hydrogens is 536 g/mol. The number of carbonyl (C=O) groups is 1. The lowest BCUT2D eigenvalue weighted by Crippen LogP contribution is -2.22. The van der Waals surface area contributed by atoms with Gasteiger partial charge in [-0.25, -0.2) is 0 Å². The lowest BCUT2D eigenvalue weighted by molar-refractivity contribution is -0.115. The minimum atomic E-state index is -1.85. The predicted octanol–water partition coefficient (Wildman–Crippen LogP) is 7.44. The van der Waals surface area contributed by atoms with Crippen molar-refractivity contribution in [3.63, 3.8) is 0 Å². The van der Waals surface area contributed by atoms with Crippen molar-refractivity contribution in [3.8, 4) is 11.5 Å². The van der Waals surface area contributed by atoms with Crippen LogP contribution in [0.3, 0.4) is 0 Å². The first-order valence-corrected chi connectivity index (χ1v) is 14.2. The second kappa shape index (κ2) is 12.7. The Balaban J connectivity index is 0.000000631. The Hall–Kier alpha value is -4.57. The van der Waals surface area contributed by atoms with Crippen LogP contribution in [0.1, 0.15) is 40.4 Å².